The van der Waals surface area contributed by atoms with Crippen LogP contribution < -0.4 is 4.90 Å². The van der Waals surface area contributed by atoms with Crippen LogP contribution in [-0.4, -0.2) is 46.7 Å². The highest BCUT2D eigenvalue weighted by molar-refractivity contribution is 7.20. The average Bonchev–Trinajstić information content (AvgIpc) is 3.09. The summed E-state index contributed by atoms with van der Waals surface area (Å²) in [4.78, 5) is 36.0. The Balaban J connectivity index is 2.10. The van der Waals surface area contributed by atoms with Crippen molar-refractivity contribution in [2.75, 3.05) is 24.6 Å². The second kappa shape index (κ2) is 6.25. The lowest BCUT2D eigenvalue weighted by Gasteiger charge is -2.22. The summed E-state index contributed by atoms with van der Waals surface area (Å²) < 4.78 is 5.13. The van der Waals surface area contributed by atoms with Gasteiger partial charge in [0.05, 0.1) is 17.4 Å². The van der Waals surface area contributed by atoms with Crippen LogP contribution in [0.5, 0.6) is 0 Å². The summed E-state index contributed by atoms with van der Waals surface area (Å²) in [5, 5.41) is 10.3. The van der Waals surface area contributed by atoms with Gasteiger partial charge in [0.15, 0.2) is 0 Å². The Labute approximate surface area is 149 Å². The van der Waals surface area contributed by atoms with Crippen molar-refractivity contribution in [1.29, 1.82) is 0 Å². The van der Waals surface area contributed by atoms with E-state index in [9.17, 15) is 14.7 Å². The quantitative estimate of drug-likeness (QED) is 0.835. The Hall–Kier alpha value is -2.22. The van der Waals surface area contributed by atoms with Crippen LogP contribution in [0.25, 0.3) is 10.2 Å². The zero-order valence-electron chi connectivity index (χ0n) is 14.8. The monoisotopic (exact) mass is 363 g/mol. The van der Waals surface area contributed by atoms with Gasteiger partial charge in [-0.15, -0.1) is 11.3 Å². The van der Waals surface area contributed by atoms with Crippen LogP contribution >= 0.6 is 11.3 Å². The number of rotatable bonds is 4. The number of ether oxygens (including phenoxy) is 1. The maximum atomic E-state index is 12.2. The summed E-state index contributed by atoms with van der Waals surface area (Å²) >= 11 is 1.30. The predicted octanol–water partition coefficient (Wildman–Crippen LogP) is 2.79. The van der Waals surface area contributed by atoms with Crippen LogP contribution in [-0.2, 0) is 9.53 Å². The maximum absolute atomic E-state index is 12.2. The predicted molar refractivity (Wildman–Crippen MR) is 95.4 cm³/mol. The number of aryl methyl sites for hydroxylation is 2. The molecule has 1 unspecified atom stereocenters. The SMILES string of the molecule is CCOC(=O)c1sc2nc(C)nc(N3CCC(C)(C(=O)O)C3)c2c1C. The van der Waals surface area contributed by atoms with Gasteiger partial charge in [-0.1, -0.05) is 0 Å². The van der Waals surface area contributed by atoms with Crippen molar-refractivity contribution < 1.29 is 19.4 Å². The number of carboxylic acids is 1. The summed E-state index contributed by atoms with van der Waals surface area (Å²) in [6, 6.07) is 0. The second-order valence-corrected chi connectivity index (χ2v) is 7.59. The molecule has 0 bridgehead atoms. The highest BCUT2D eigenvalue weighted by atomic mass is 32.1. The van der Waals surface area contributed by atoms with E-state index in [1.165, 1.54) is 11.3 Å². The van der Waals surface area contributed by atoms with Gasteiger partial charge in [-0.25, -0.2) is 14.8 Å². The van der Waals surface area contributed by atoms with Gasteiger partial charge in [-0.05, 0) is 39.7 Å². The number of aliphatic carboxylic acids is 1. The number of nitrogens with zero attached hydrogens (tertiary/aromatic N) is 3. The molecule has 1 aliphatic rings. The number of aromatic nitrogens is 2. The number of carboxylic acid groups (broad SMARTS) is 1. The smallest absolute Gasteiger partial charge is 0.348 e. The van der Waals surface area contributed by atoms with Gasteiger partial charge < -0.3 is 14.7 Å². The summed E-state index contributed by atoms with van der Waals surface area (Å²) in [6.45, 7) is 8.50. The molecule has 0 radical (unpaired) electrons. The van der Waals surface area contributed by atoms with Crippen molar-refractivity contribution in [1.82, 2.24) is 9.97 Å². The second-order valence-electron chi connectivity index (χ2n) is 6.59. The number of hydrogen-bond acceptors (Lipinski definition) is 7. The third-order valence-electron chi connectivity index (χ3n) is 4.63. The number of esters is 1. The molecule has 2 aromatic rings. The van der Waals surface area contributed by atoms with Crippen molar-refractivity contribution in [2.45, 2.75) is 34.1 Å². The molecule has 0 spiro atoms. The highest BCUT2D eigenvalue weighted by Crippen LogP contribution is 2.40. The third kappa shape index (κ3) is 2.95. The molecule has 8 heteroatoms. The lowest BCUT2D eigenvalue weighted by molar-refractivity contribution is -0.146. The Kier molecular flexibility index (Phi) is 4.40. The number of anilines is 1. The minimum atomic E-state index is -0.800. The van der Waals surface area contributed by atoms with Crippen molar-refractivity contribution in [3.63, 3.8) is 0 Å². The highest BCUT2D eigenvalue weighted by Gasteiger charge is 2.41. The van der Waals surface area contributed by atoms with Crippen LogP contribution in [0.15, 0.2) is 0 Å². The molecule has 0 aliphatic carbocycles. The van der Waals surface area contributed by atoms with Crippen LogP contribution in [0.3, 0.4) is 0 Å². The molecule has 3 rings (SSSR count). The lowest BCUT2D eigenvalue weighted by atomic mass is 9.90. The fourth-order valence-electron chi connectivity index (χ4n) is 3.16. The Morgan fingerprint density at radius 1 is 1.36 bits per heavy atom. The first-order valence-electron chi connectivity index (χ1n) is 8.20. The molecule has 1 fully saturated rings. The van der Waals surface area contributed by atoms with E-state index >= 15 is 0 Å². The molecule has 1 atom stereocenters. The van der Waals surface area contributed by atoms with E-state index in [1.54, 1.807) is 20.8 Å². The Bertz CT molecular complexity index is 863. The normalized spacial score (nSPS) is 20.2. The molecular weight excluding hydrogens is 342 g/mol. The minimum Gasteiger partial charge on any atom is -0.481 e. The summed E-state index contributed by atoms with van der Waals surface area (Å²) in [6.07, 6.45) is 0.556. The van der Waals surface area contributed by atoms with E-state index in [0.29, 0.717) is 42.6 Å². The zero-order chi connectivity index (χ0) is 18.4. The minimum absolute atomic E-state index is 0.313. The van der Waals surface area contributed by atoms with Crippen LogP contribution in [0.1, 0.15) is 41.3 Å². The van der Waals surface area contributed by atoms with Gasteiger partial charge in [0, 0.05) is 13.1 Å². The molecule has 1 N–H and O–H groups in total. The number of thiophene rings is 1. The first-order valence-corrected chi connectivity index (χ1v) is 9.01. The molecule has 134 valence electrons. The van der Waals surface area contributed by atoms with E-state index in [1.807, 2.05) is 11.8 Å². The maximum Gasteiger partial charge on any atom is 0.348 e. The molecule has 0 aromatic carbocycles. The molecule has 1 saturated heterocycles. The number of carbonyl (C=O) groups excluding carboxylic acids is 1. The van der Waals surface area contributed by atoms with Crippen molar-refractivity contribution in [3.8, 4) is 0 Å². The van der Waals surface area contributed by atoms with Gasteiger partial charge in [-0.3, -0.25) is 4.79 Å². The number of carbonyl (C=O) groups is 2. The molecule has 25 heavy (non-hydrogen) atoms. The summed E-state index contributed by atoms with van der Waals surface area (Å²) in [5.74, 6) is 0.148. The molecule has 7 nitrogen and oxygen atoms in total. The van der Waals surface area contributed by atoms with Gasteiger partial charge >= 0.3 is 11.9 Å². The number of fused-ring (bicyclic) bond motifs is 1. The van der Waals surface area contributed by atoms with E-state index < -0.39 is 11.4 Å². The average molecular weight is 363 g/mol. The van der Waals surface area contributed by atoms with E-state index in [-0.39, 0.29) is 5.97 Å². The zero-order valence-corrected chi connectivity index (χ0v) is 15.6. The fraction of sp³-hybridized carbons (Fsp3) is 0.529. The largest absolute Gasteiger partial charge is 0.481 e. The van der Waals surface area contributed by atoms with E-state index in [4.69, 9.17) is 4.74 Å². The topological polar surface area (TPSA) is 92.6 Å². The first-order chi connectivity index (χ1) is 11.8. The molecule has 0 saturated carbocycles. The summed E-state index contributed by atoms with van der Waals surface area (Å²) in [5.41, 5.74) is -0.00334. The standard InChI is InChI=1S/C17H21N3O4S/c1-5-24-15(21)12-9(2)11-13(18-10(3)19-14(11)25-12)20-7-6-17(4,8-20)16(22)23/h5-8H2,1-4H3,(H,22,23). The third-order valence-corrected chi connectivity index (χ3v) is 5.80. The van der Waals surface area contributed by atoms with E-state index in [0.717, 1.165) is 15.8 Å². The van der Waals surface area contributed by atoms with Crippen molar-refractivity contribution in [2.24, 2.45) is 5.41 Å². The van der Waals surface area contributed by atoms with Crippen molar-refractivity contribution >= 4 is 39.3 Å². The molecule has 0 amide bonds. The number of hydrogen-bond donors (Lipinski definition) is 1. The summed E-state index contributed by atoms with van der Waals surface area (Å²) in [7, 11) is 0. The molecule has 1 aliphatic heterocycles. The molecular formula is C17H21N3O4S. The van der Waals surface area contributed by atoms with Crippen molar-refractivity contribution in [3.05, 3.63) is 16.3 Å². The van der Waals surface area contributed by atoms with Crippen LogP contribution in [0, 0.1) is 19.3 Å². The van der Waals surface area contributed by atoms with Gasteiger partial charge in [-0.2, -0.15) is 0 Å². The fourth-order valence-corrected chi connectivity index (χ4v) is 4.27. The Morgan fingerprint density at radius 2 is 2.08 bits per heavy atom. The Morgan fingerprint density at radius 3 is 2.68 bits per heavy atom. The lowest BCUT2D eigenvalue weighted by Crippen LogP contribution is -2.32. The van der Waals surface area contributed by atoms with Gasteiger partial charge in [0.1, 0.15) is 21.3 Å². The first kappa shape index (κ1) is 17.6. The van der Waals surface area contributed by atoms with Gasteiger partial charge in [0.25, 0.3) is 0 Å². The van der Waals surface area contributed by atoms with Crippen LogP contribution in [0.2, 0.25) is 0 Å². The molecule has 3 heterocycles. The van der Waals surface area contributed by atoms with Crippen LogP contribution in [0.4, 0.5) is 5.82 Å². The molecule has 2 aromatic heterocycles. The van der Waals surface area contributed by atoms with Gasteiger partial charge in [0.2, 0.25) is 0 Å². The van der Waals surface area contributed by atoms with E-state index in [2.05, 4.69) is 9.97 Å².